The molecule has 39 heavy (non-hydrogen) atoms. The highest BCUT2D eigenvalue weighted by molar-refractivity contribution is 9.10. The van der Waals surface area contributed by atoms with Gasteiger partial charge in [0.25, 0.3) is 23.8 Å². The van der Waals surface area contributed by atoms with Crippen molar-refractivity contribution >= 4 is 40.0 Å². The molecule has 4 rings (SSSR count). The number of hydrogen-bond acceptors (Lipinski definition) is 4. The third-order valence-corrected chi connectivity index (χ3v) is 7.39. The lowest BCUT2D eigenvalue weighted by atomic mass is 9.98. The van der Waals surface area contributed by atoms with Gasteiger partial charge in [-0.05, 0) is 62.0 Å². The van der Waals surface area contributed by atoms with Crippen LogP contribution in [0.4, 0.5) is 22.0 Å². The topological polar surface area (TPSA) is 87.2 Å². The van der Waals surface area contributed by atoms with Crippen molar-refractivity contribution in [1.29, 1.82) is 0 Å². The second kappa shape index (κ2) is 10.6. The van der Waals surface area contributed by atoms with E-state index >= 15 is 0 Å². The Morgan fingerprint density at radius 3 is 2.44 bits per heavy atom. The number of benzene rings is 2. The largest absolute Gasteiger partial charge is 0.417 e. The molecule has 0 aliphatic carbocycles. The van der Waals surface area contributed by atoms with Crippen molar-refractivity contribution in [3.8, 4) is 5.69 Å². The third-order valence-electron chi connectivity index (χ3n) is 6.42. The van der Waals surface area contributed by atoms with E-state index < -0.39 is 47.1 Å². The molecule has 3 aromatic rings. The Morgan fingerprint density at radius 1 is 1.15 bits per heavy atom. The molecule has 14 heteroatoms. The standard InChI is InChI=1S/C25H20BrF5N4O3S/c1-11-7-14-18(10-34(11)22(37)13-3-5-17(26)16(9-13)25(29,30)31)33-24(39)35(23(14)38)19-6-4-12(21(36)32-2)8-15(19)20(27)28/h3-6,8-9,11,20H,7,10H2,1-2H3,(H,32,36)(H,33,39)/t11-/m1/s1. The summed E-state index contributed by atoms with van der Waals surface area (Å²) in [7, 11) is 1.35. The number of hydrogen-bond donors (Lipinski definition) is 2. The number of aromatic nitrogens is 2. The Morgan fingerprint density at radius 2 is 1.82 bits per heavy atom. The third kappa shape index (κ3) is 5.39. The first-order valence-corrected chi connectivity index (χ1v) is 12.6. The Labute approximate surface area is 231 Å². The fourth-order valence-electron chi connectivity index (χ4n) is 4.44. The smallest absolute Gasteiger partial charge is 0.355 e. The number of rotatable bonds is 4. The first-order valence-electron chi connectivity index (χ1n) is 11.4. The number of fused-ring (bicyclic) bond motifs is 1. The number of amides is 2. The van der Waals surface area contributed by atoms with Crippen LogP contribution < -0.4 is 10.9 Å². The fourth-order valence-corrected chi connectivity index (χ4v) is 5.22. The van der Waals surface area contributed by atoms with Crippen LogP contribution in [0.1, 0.15) is 56.4 Å². The highest BCUT2D eigenvalue weighted by Crippen LogP contribution is 2.36. The van der Waals surface area contributed by atoms with Crippen molar-refractivity contribution in [1.82, 2.24) is 19.8 Å². The van der Waals surface area contributed by atoms with E-state index in [1.165, 1.54) is 30.1 Å². The minimum absolute atomic E-state index is 0.00495. The van der Waals surface area contributed by atoms with E-state index in [9.17, 15) is 36.3 Å². The predicted molar refractivity (Wildman–Crippen MR) is 138 cm³/mol. The number of nitrogens with zero attached hydrogens (tertiary/aromatic N) is 2. The van der Waals surface area contributed by atoms with Crippen LogP contribution in [-0.4, -0.2) is 39.4 Å². The fraction of sp³-hybridized carbons (Fsp3) is 0.280. The van der Waals surface area contributed by atoms with Crippen LogP contribution in [0.2, 0.25) is 0 Å². The van der Waals surface area contributed by atoms with Crippen molar-refractivity contribution in [2.75, 3.05) is 7.05 Å². The molecule has 2 amide bonds. The molecule has 0 radical (unpaired) electrons. The van der Waals surface area contributed by atoms with E-state index in [4.69, 9.17) is 12.2 Å². The Bertz CT molecular complexity index is 1600. The quantitative estimate of drug-likeness (QED) is 0.292. The van der Waals surface area contributed by atoms with Gasteiger partial charge in [-0.1, -0.05) is 15.9 Å². The van der Waals surface area contributed by atoms with E-state index in [2.05, 4.69) is 26.2 Å². The van der Waals surface area contributed by atoms with Gasteiger partial charge in [-0.2, -0.15) is 13.2 Å². The summed E-state index contributed by atoms with van der Waals surface area (Å²) in [6.45, 7) is 1.46. The molecule has 2 N–H and O–H groups in total. The minimum atomic E-state index is -4.68. The van der Waals surface area contributed by atoms with Crippen molar-refractivity contribution in [2.45, 2.75) is 38.5 Å². The van der Waals surface area contributed by atoms with Crippen molar-refractivity contribution in [3.63, 3.8) is 0 Å². The maximum Gasteiger partial charge on any atom is 0.417 e. The van der Waals surface area contributed by atoms with Crippen molar-refractivity contribution in [2.24, 2.45) is 0 Å². The first-order chi connectivity index (χ1) is 18.2. The normalized spacial score (nSPS) is 15.3. The summed E-state index contributed by atoms with van der Waals surface area (Å²) in [6, 6.07) is 6.02. The molecule has 0 bridgehead atoms. The lowest BCUT2D eigenvalue weighted by Gasteiger charge is -2.34. The van der Waals surface area contributed by atoms with E-state index in [0.29, 0.717) is 0 Å². The molecule has 206 valence electrons. The van der Waals surface area contributed by atoms with Crippen LogP contribution >= 0.6 is 28.1 Å². The van der Waals surface area contributed by atoms with Gasteiger partial charge in [0.1, 0.15) is 0 Å². The van der Waals surface area contributed by atoms with E-state index in [-0.39, 0.29) is 50.3 Å². The van der Waals surface area contributed by atoms with Gasteiger partial charge >= 0.3 is 6.18 Å². The van der Waals surface area contributed by atoms with Gasteiger partial charge in [-0.15, -0.1) is 0 Å². The maximum absolute atomic E-state index is 13.9. The molecular formula is C25H20BrF5N4O3S. The molecule has 1 aromatic heterocycles. The van der Waals surface area contributed by atoms with Gasteiger partial charge in [-0.3, -0.25) is 19.0 Å². The van der Waals surface area contributed by atoms with E-state index in [1.807, 2.05) is 0 Å². The van der Waals surface area contributed by atoms with E-state index in [1.54, 1.807) is 6.92 Å². The number of H-pyrrole nitrogens is 1. The lowest BCUT2D eigenvalue weighted by molar-refractivity contribution is -0.138. The zero-order valence-electron chi connectivity index (χ0n) is 20.3. The molecule has 2 aromatic carbocycles. The number of carbonyl (C=O) groups excluding carboxylic acids is 2. The molecule has 7 nitrogen and oxygen atoms in total. The molecule has 0 spiro atoms. The van der Waals surface area contributed by atoms with Gasteiger partial charge in [0, 0.05) is 45.5 Å². The Hall–Kier alpha value is -3.39. The summed E-state index contributed by atoms with van der Waals surface area (Å²) in [5.41, 5.74) is -2.22. The highest BCUT2D eigenvalue weighted by atomic mass is 79.9. The average Bonchev–Trinajstić information content (AvgIpc) is 2.87. The molecular weight excluding hydrogens is 611 g/mol. The lowest BCUT2D eigenvalue weighted by Crippen LogP contribution is -2.46. The summed E-state index contributed by atoms with van der Waals surface area (Å²) in [5, 5.41) is 2.34. The second-order valence-electron chi connectivity index (χ2n) is 8.86. The molecule has 1 atom stereocenters. The molecule has 1 aliphatic rings. The van der Waals surface area contributed by atoms with Crippen LogP contribution in [0.15, 0.2) is 45.7 Å². The number of halogens is 6. The second-order valence-corrected chi connectivity index (χ2v) is 10.1. The van der Waals surface area contributed by atoms with Gasteiger partial charge in [-0.25, -0.2) is 8.78 Å². The van der Waals surface area contributed by atoms with Crippen molar-refractivity contribution < 1.29 is 31.5 Å². The Balaban J connectivity index is 1.75. The van der Waals surface area contributed by atoms with Crippen LogP contribution in [0.5, 0.6) is 0 Å². The molecule has 0 unspecified atom stereocenters. The summed E-state index contributed by atoms with van der Waals surface area (Å²) >= 11 is 8.16. The molecule has 1 aliphatic heterocycles. The molecule has 0 saturated heterocycles. The van der Waals surface area contributed by atoms with Gasteiger partial charge in [0.2, 0.25) is 0 Å². The van der Waals surface area contributed by atoms with Crippen LogP contribution in [0, 0.1) is 4.77 Å². The highest BCUT2D eigenvalue weighted by Gasteiger charge is 2.36. The average molecular weight is 631 g/mol. The number of aromatic amines is 1. The van der Waals surface area contributed by atoms with Crippen LogP contribution in [0.25, 0.3) is 5.69 Å². The van der Waals surface area contributed by atoms with Gasteiger partial charge in [0.15, 0.2) is 4.77 Å². The van der Waals surface area contributed by atoms with Crippen LogP contribution in [0.3, 0.4) is 0 Å². The zero-order valence-corrected chi connectivity index (χ0v) is 22.7. The van der Waals surface area contributed by atoms with E-state index in [0.717, 1.165) is 22.8 Å². The summed E-state index contributed by atoms with van der Waals surface area (Å²) in [4.78, 5) is 42.8. The summed E-state index contributed by atoms with van der Waals surface area (Å²) in [6.07, 6.45) is -7.71. The monoisotopic (exact) mass is 630 g/mol. The van der Waals surface area contributed by atoms with Crippen molar-refractivity contribution in [3.05, 3.63) is 89.5 Å². The summed E-state index contributed by atoms with van der Waals surface area (Å²) < 4.78 is 68.4. The minimum Gasteiger partial charge on any atom is -0.355 e. The van der Waals surface area contributed by atoms with Crippen LogP contribution in [-0.2, 0) is 19.1 Å². The number of carbonyl (C=O) groups is 2. The first kappa shape index (κ1) is 28.6. The van der Waals surface area contributed by atoms with Gasteiger partial charge < -0.3 is 15.2 Å². The molecule has 0 fully saturated rings. The van der Waals surface area contributed by atoms with Gasteiger partial charge in [0.05, 0.1) is 17.8 Å². The molecule has 0 saturated carbocycles. The zero-order chi connectivity index (χ0) is 28.8. The maximum atomic E-state index is 13.9. The Kier molecular flexibility index (Phi) is 7.81. The predicted octanol–water partition coefficient (Wildman–Crippen LogP) is 5.56. The molecule has 2 heterocycles. The SMILES string of the molecule is CNC(=O)c1ccc(-n2c(=S)[nH]c3c(c2=O)C[C@@H](C)N(C(=O)c2ccc(Br)c(C(F)(F)F)c2)C3)c(C(F)F)c1. The summed E-state index contributed by atoms with van der Waals surface area (Å²) in [5.74, 6) is -1.27. The number of nitrogens with one attached hydrogen (secondary N) is 2. The number of alkyl halides is 5.